The van der Waals surface area contributed by atoms with Gasteiger partial charge in [-0.25, -0.2) is 4.79 Å². The molecule has 2 aliphatic heterocycles. The number of fused-ring (bicyclic) bond motifs is 1. The molecule has 4 rings (SSSR count). The molecule has 3 unspecified atom stereocenters. The molecule has 2 heterocycles. The molecule has 0 N–H and O–H groups in total. The minimum absolute atomic E-state index is 0.0382. The number of hydrogen-bond acceptors (Lipinski definition) is 4. The van der Waals surface area contributed by atoms with Gasteiger partial charge in [0.2, 0.25) is 0 Å². The number of alkyl halides is 3. The fourth-order valence-corrected chi connectivity index (χ4v) is 3.93. The molecule has 8 heteroatoms. The summed E-state index contributed by atoms with van der Waals surface area (Å²) in [5.74, 6) is -0.844. The Balaban J connectivity index is 1.40. The lowest BCUT2D eigenvalue weighted by molar-refractivity contribution is -0.251. The van der Waals surface area contributed by atoms with Crippen molar-refractivity contribution in [3.8, 4) is 0 Å². The highest BCUT2D eigenvalue weighted by Crippen LogP contribution is 2.42. The number of amides is 1. The fraction of sp³-hybridized carbons (Fsp3) is 0.381. The van der Waals surface area contributed by atoms with Crippen molar-refractivity contribution in [3.05, 3.63) is 71.8 Å². The van der Waals surface area contributed by atoms with Crippen LogP contribution in [0, 0.1) is 5.92 Å². The molecule has 0 aliphatic carbocycles. The Morgan fingerprint density at radius 2 is 1.62 bits per heavy atom. The van der Waals surface area contributed by atoms with Crippen molar-refractivity contribution in [2.45, 2.75) is 31.5 Å². The third-order valence-electron chi connectivity index (χ3n) is 5.28. The molecule has 0 saturated carbocycles. The molecule has 0 spiro atoms. The maximum absolute atomic E-state index is 13.8. The number of hydrogen-bond donors (Lipinski definition) is 0. The molecule has 5 nitrogen and oxygen atoms in total. The second kappa shape index (κ2) is 8.04. The van der Waals surface area contributed by atoms with Crippen LogP contribution in [-0.4, -0.2) is 47.5 Å². The molecular weight excluding hydrogens is 385 g/mol. The highest BCUT2D eigenvalue weighted by Gasteiger charge is 2.60. The second-order valence-electron chi connectivity index (χ2n) is 7.30. The molecule has 0 aromatic heterocycles. The number of rotatable bonds is 4. The summed E-state index contributed by atoms with van der Waals surface area (Å²) in [7, 11) is 0. The van der Waals surface area contributed by atoms with Gasteiger partial charge in [-0.3, -0.25) is 4.84 Å². The van der Waals surface area contributed by atoms with E-state index < -0.39 is 30.3 Å². The summed E-state index contributed by atoms with van der Waals surface area (Å²) in [6.07, 6.45) is -5.78. The van der Waals surface area contributed by atoms with Crippen molar-refractivity contribution < 1.29 is 27.5 Å². The van der Waals surface area contributed by atoms with Crippen LogP contribution in [0.15, 0.2) is 60.7 Å². The highest BCUT2D eigenvalue weighted by molar-refractivity contribution is 5.68. The van der Waals surface area contributed by atoms with E-state index in [1.165, 1.54) is 4.90 Å². The van der Waals surface area contributed by atoms with Gasteiger partial charge in [0.1, 0.15) is 18.8 Å². The molecular formula is C21H21F3N2O3. The molecule has 2 aromatic rings. The van der Waals surface area contributed by atoms with E-state index in [4.69, 9.17) is 9.57 Å². The number of carbonyl (C=O) groups is 1. The Bertz CT molecular complexity index is 832. The first-order valence-corrected chi connectivity index (χ1v) is 9.41. The first-order chi connectivity index (χ1) is 13.9. The van der Waals surface area contributed by atoms with E-state index in [9.17, 15) is 18.0 Å². The number of benzene rings is 2. The zero-order valence-electron chi connectivity index (χ0n) is 15.6. The van der Waals surface area contributed by atoms with Crippen LogP contribution in [0.3, 0.4) is 0 Å². The average molecular weight is 406 g/mol. The summed E-state index contributed by atoms with van der Waals surface area (Å²) in [6.45, 7) is 0.148. The Morgan fingerprint density at radius 3 is 2.24 bits per heavy atom. The number of nitrogens with zero attached hydrogens (tertiary/aromatic N) is 2. The van der Waals surface area contributed by atoms with E-state index in [-0.39, 0.29) is 26.2 Å². The van der Waals surface area contributed by atoms with Gasteiger partial charge in [-0.1, -0.05) is 60.7 Å². The smallest absolute Gasteiger partial charge is 0.410 e. The molecule has 2 aromatic carbocycles. The van der Waals surface area contributed by atoms with Crippen LogP contribution in [-0.2, 0) is 22.7 Å². The van der Waals surface area contributed by atoms with Gasteiger partial charge in [0.15, 0.2) is 0 Å². The van der Waals surface area contributed by atoms with Crippen LogP contribution >= 0.6 is 0 Å². The molecule has 0 bridgehead atoms. The van der Waals surface area contributed by atoms with Gasteiger partial charge >= 0.3 is 12.3 Å². The molecule has 2 saturated heterocycles. The molecule has 154 valence electrons. The van der Waals surface area contributed by atoms with Crippen LogP contribution in [0.4, 0.5) is 18.0 Å². The van der Waals surface area contributed by atoms with Crippen LogP contribution < -0.4 is 0 Å². The van der Waals surface area contributed by atoms with Crippen LogP contribution in [0.1, 0.15) is 11.1 Å². The van der Waals surface area contributed by atoms with Crippen molar-refractivity contribution in [3.63, 3.8) is 0 Å². The maximum atomic E-state index is 13.8. The predicted molar refractivity (Wildman–Crippen MR) is 98.4 cm³/mol. The summed E-state index contributed by atoms with van der Waals surface area (Å²) in [4.78, 5) is 19.3. The van der Waals surface area contributed by atoms with Gasteiger partial charge < -0.3 is 9.64 Å². The van der Waals surface area contributed by atoms with E-state index in [1.807, 2.05) is 36.4 Å². The van der Waals surface area contributed by atoms with E-state index >= 15 is 0 Å². The normalized spacial score (nSPS) is 24.5. The minimum atomic E-state index is -4.46. The summed E-state index contributed by atoms with van der Waals surface area (Å²) in [6, 6.07) is 16.3. The minimum Gasteiger partial charge on any atom is -0.445 e. The van der Waals surface area contributed by atoms with Crippen molar-refractivity contribution in [1.29, 1.82) is 0 Å². The molecule has 2 fully saturated rings. The van der Waals surface area contributed by atoms with Crippen LogP contribution in [0.5, 0.6) is 0 Å². The van der Waals surface area contributed by atoms with Gasteiger partial charge in [0.25, 0.3) is 0 Å². The van der Waals surface area contributed by atoms with E-state index in [0.29, 0.717) is 0 Å². The fourth-order valence-electron chi connectivity index (χ4n) is 3.93. The second-order valence-corrected chi connectivity index (χ2v) is 7.30. The van der Waals surface area contributed by atoms with Gasteiger partial charge in [-0.2, -0.15) is 18.2 Å². The van der Waals surface area contributed by atoms with Crippen LogP contribution in [0.2, 0.25) is 0 Å². The van der Waals surface area contributed by atoms with E-state index in [0.717, 1.165) is 16.2 Å². The largest absolute Gasteiger partial charge is 0.445 e. The maximum Gasteiger partial charge on any atom is 0.410 e. The standard InChI is InChI=1S/C21H21F3N2O3/c22-21(23,24)19-17-12-25(20(27)28-14-16-9-5-2-6-10-16)13-18(17)29-26(19)11-15-7-3-1-4-8-15/h1-10,17-19H,11-14H2. The Kier molecular flexibility index (Phi) is 5.47. The number of carbonyl (C=O) groups excluding carboxylic acids is 1. The average Bonchev–Trinajstić information content (AvgIpc) is 3.24. The third-order valence-corrected chi connectivity index (χ3v) is 5.28. The lowest BCUT2D eigenvalue weighted by Gasteiger charge is -2.29. The van der Waals surface area contributed by atoms with Gasteiger partial charge in [-0.05, 0) is 11.1 Å². The molecule has 29 heavy (non-hydrogen) atoms. The lowest BCUT2D eigenvalue weighted by Crippen LogP contribution is -2.46. The summed E-state index contributed by atoms with van der Waals surface area (Å²) >= 11 is 0. The van der Waals surface area contributed by atoms with Crippen LogP contribution in [0.25, 0.3) is 0 Å². The topological polar surface area (TPSA) is 42.0 Å². The van der Waals surface area contributed by atoms with E-state index in [1.54, 1.807) is 24.3 Å². The van der Waals surface area contributed by atoms with Crippen molar-refractivity contribution in [2.24, 2.45) is 5.92 Å². The number of halogens is 3. The summed E-state index contributed by atoms with van der Waals surface area (Å²) < 4.78 is 46.6. The molecule has 0 radical (unpaired) electrons. The number of hydroxylamine groups is 2. The van der Waals surface area contributed by atoms with Gasteiger partial charge in [0, 0.05) is 19.0 Å². The first-order valence-electron chi connectivity index (χ1n) is 9.41. The highest BCUT2D eigenvalue weighted by atomic mass is 19.4. The monoisotopic (exact) mass is 406 g/mol. The SMILES string of the molecule is O=C(OCc1ccccc1)N1CC2ON(Cc3ccccc3)C(C(F)(F)F)C2C1. The Morgan fingerprint density at radius 1 is 1.00 bits per heavy atom. The van der Waals surface area contributed by atoms with Gasteiger partial charge in [0.05, 0.1) is 6.54 Å². The number of ether oxygens (including phenoxy) is 1. The summed E-state index contributed by atoms with van der Waals surface area (Å²) in [5.41, 5.74) is 1.56. The first kappa shape index (κ1) is 19.7. The van der Waals surface area contributed by atoms with E-state index in [2.05, 4.69) is 0 Å². The molecule has 3 atom stereocenters. The van der Waals surface area contributed by atoms with Crippen molar-refractivity contribution >= 4 is 6.09 Å². The molecule has 1 amide bonds. The van der Waals surface area contributed by atoms with Crippen molar-refractivity contribution in [1.82, 2.24) is 9.96 Å². The zero-order valence-corrected chi connectivity index (χ0v) is 15.6. The predicted octanol–water partition coefficient (Wildman–Crippen LogP) is 4.00. The lowest BCUT2D eigenvalue weighted by atomic mass is 9.97. The quantitative estimate of drug-likeness (QED) is 0.770. The van der Waals surface area contributed by atoms with Crippen molar-refractivity contribution in [2.75, 3.05) is 13.1 Å². The number of likely N-dealkylation sites (tertiary alicyclic amines) is 1. The molecule has 2 aliphatic rings. The Hall–Kier alpha value is -2.58. The third kappa shape index (κ3) is 4.38. The summed E-state index contributed by atoms with van der Waals surface area (Å²) in [5, 5.41) is 1.01. The van der Waals surface area contributed by atoms with Gasteiger partial charge in [-0.15, -0.1) is 0 Å². The Labute approximate surface area is 166 Å². The zero-order chi connectivity index (χ0) is 20.4.